The predicted octanol–water partition coefficient (Wildman–Crippen LogP) is 4.29. The van der Waals surface area contributed by atoms with Crippen LogP contribution in [0.5, 0.6) is 0 Å². The molecule has 2 aliphatic rings. The fraction of sp³-hybridized carbons (Fsp3) is 0.571. The maximum Gasteiger partial charge on any atom is 0.270 e. The van der Waals surface area contributed by atoms with Crippen molar-refractivity contribution >= 4 is 16.8 Å². The molecule has 134 valence electrons. The van der Waals surface area contributed by atoms with Gasteiger partial charge in [0.15, 0.2) is 0 Å². The van der Waals surface area contributed by atoms with Crippen LogP contribution in [0, 0.1) is 12.8 Å². The first-order valence-electron chi connectivity index (χ1n) is 9.68. The highest BCUT2D eigenvalue weighted by molar-refractivity contribution is 5.98. The molecule has 2 aromatic rings. The van der Waals surface area contributed by atoms with E-state index in [0.717, 1.165) is 36.8 Å². The second-order valence-corrected chi connectivity index (χ2v) is 7.76. The molecule has 4 heteroatoms. The average molecular weight is 340 g/mol. The van der Waals surface area contributed by atoms with Gasteiger partial charge in [0.2, 0.25) is 0 Å². The number of hydrogen-bond acceptors (Lipinski definition) is 2. The molecule has 0 bridgehead atoms. The van der Waals surface area contributed by atoms with Crippen LogP contribution in [-0.4, -0.2) is 41.1 Å². The molecule has 4 nitrogen and oxygen atoms in total. The second kappa shape index (κ2) is 6.83. The normalized spacial score (nSPS) is 24.0. The van der Waals surface area contributed by atoms with Crippen molar-refractivity contribution in [3.63, 3.8) is 0 Å². The quantitative estimate of drug-likeness (QED) is 0.883. The van der Waals surface area contributed by atoms with Crippen LogP contribution in [0.1, 0.15) is 55.1 Å². The Morgan fingerprint density at radius 2 is 2.12 bits per heavy atom. The lowest BCUT2D eigenvalue weighted by Crippen LogP contribution is -2.50. The second-order valence-electron chi connectivity index (χ2n) is 7.76. The fourth-order valence-electron chi connectivity index (χ4n) is 3.89. The van der Waals surface area contributed by atoms with E-state index in [0.29, 0.717) is 11.6 Å². The van der Waals surface area contributed by atoms with Crippen LogP contribution < -0.4 is 0 Å². The highest BCUT2D eigenvalue weighted by Crippen LogP contribution is 2.37. The highest BCUT2D eigenvalue weighted by atomic mass is 16.5. The topological polar surface area (TPSA) is 45.3 Å². The molecule has 0 unspecified atom stereocenters. The highest BCUT2D eigenvalue weighted by Gasteiger charge is 2.39. The van der Waals surface area contributed by atoms with Gasteiger partial charge in [-0.3, -0.25) is 4.79 Å². The van der Waals surface area contributed by atoms with Gasteiger partial charge in [-0.15, -0.1) is 0 Å². The molecule has 0 spiro atoms. The Balaban J connectivity index is 1.53. The van der Waals surface area contributed by atoms with Gasteiger partial charge in [-0.2, -0.15) is 0 Å². The summed E-state index contributed by atoms with van der Waals surface area (Å²) in [6.45, 7) is 5.74. The Labute approximate surface area is 149 Å². The molecule has 1 aromatic carbocycles. The van der Waals surface area contributed by atoms with Gasteiger partial charge in [0.05, 0.1) is 12.2 Å². The Kier molecular flexibility index (Phi) is 4.55. The number of amides is 1. The fourth-order valence-corrected chi connectivity index (χ4v) is 3.89. The molecular formula is C21H28N2O2. The number of H-pyrrole nitrogens is 1. The molecule has 1 amide bonds. The summed E-state index contributed by atoms with van der Waals surface area (Å²) >= 11 is 0. The summed E-state index contributed by atoms with van der Waals surface area (Å²) in [5.74, 6) is 0.773. The van der Waals surface area contributed by atoms with E-state index in [4.69, 9.17) is 4.74 Å². The molecule has 2 heterocycles. The lowest BCUT2D eigenvalue weighted by atomic mass is 10.1. The zero-order chi connectivity index (χ0) is 17.4. The number of carbonyl (C=O) groups excluding carboxylic acids is 1. The number of rotatable bonds is 5. The van der Waals surface area contributed by atoms with Crippen molar-refractivity contribution < 1.29 is 9.53 Å². The minimum absolute atomic E-state index is 0.115. The molecule has 1 aliphatic heterocycles. The third kappa shape index (κ3) is 3.59. The molecule has 1 saturated heterocycles. The van der Waals surface area contributed by atoms with Crippen LogP contribution in [-0.2, 0) is 4.74 Å². The van der Waals surface area contributed by atoms with Gasteiger partial charge >= 0.3 is 0 Å². The van der Waals surface area contributed by atoms with Gasteiger partial charge in [0.1, 0.15) is 5.69 Å². The third-order valence-corrected chi connectivity index (χ3v) is 5.51. The molecule has 1 saturated carbocycles. The van der Waals surface area contributed by atoms with Crippen molar-refractivity contribution in [1.82, 2.24) is 9.88 Å². The summed E-state index contributed by atoms with van der Waals surface area (Å²) in [7, 11) is 0. The minimum Gasteiger partial charge on any atom is -0.371 e. The van der Waals surface area contributed by atoms with Gasteiger partial charge in [0, 0.05) is 24.0 Å². The van der Waals surface area contributed by atoms with Crippen molar-refractivity contribution in [3.05, 3.63) is 35.5 Å². The SMILES string of the molecule is CCCC[C@@H]1CN(C(=O)c2cc3cc(C)ccc3[nH]2)C[C@H](C2CC2)O1. The summed E-state index contributed by atoms with van der Waals surface area (Å²) < 4.78 is 6.30. The molecule has 2 atom stereocenters. The number of benzene rings is 1. The number of fused-ring (bicyclic) bond motifs is 1. The van der Waals surface area contributed by atoms with Gasteiger partial charge in [0.25, 0.3) is 5.91 Å². The zero-order valence-electron chi connectivity index (χ0n) is 15.3. The van der Waals surface area contributed by atoms with E-state index in [9.17, 15) is 4.79 Å². The van der Waals surface area contributed by atoms with E-state index in [-0.39, 0.29) is 18.1 Å². The number of aryl methyl sites for hydroxylation is 1. The number of nitrogens with one attached hydrogen (secondary N) is 1. The zero-order valence-corrected chi connectivity index (χ0v) is 15.3. The van der Waals surface area contributed by atoms with E-state index < -0.39 is 0 Å². The molecule has 0 radical (unpaired) electrons. The van der Waals surface area contributed by atoms with Gasteiger partial charge in [-0.25, -0.2) is 0 Å². The van der Waals surface area contributed by atoms with E-state index in [1.54, 1.807) is 0 Å². The number of nitrogens with zero attached hydrogens (tertiary/aromatic N) is 1. The number of carbonyl (C=O) groups is 1. The summed E-state index contributed by atoms with van der Waals surface area (Å²) in [6, 6.07) is 8.25. The third-order valence-electron chi connectivity index (χ3n) is 5.51. The summed E-state index contributed by atoms with van der Waals surface area (Å²) in [5, 5.41) is 1.11. The first kappa shape index (κ1) is 16.6. The average Bonchev–Trinajstić information content (AvgIpc) is 3.38. The molecule has 1 aliphatic carbocycles. The standard InChI is InChI=1S/C21H28N2O2/c1-3-4-5-17-12-23(13-20(25-17)15-7-8-15)21(24)19-11-16-10-14(2)6-9-18(16)22-19/h6,9-11,15,17,20,22H,3-5,7-8,12-13H2,1-2H3/t17-,20-/m1/s1. The number of unbranched alkanes of at least 4 members (excludes halogenated alkanes) is 1. The van der Waals surface area contributed by atoms with E-state index in [2.05, 4.69) is 37.0 Å². The number of hydrogen-bond donors (Lipinski definition) is 1. The Morgan fingerprint density at radius 1 is 1.28 bits per heavy atom. The number of morpholine rings is 1. The molecule has 2 fully saturated rings. The van der Waals surface area contributed by atoms with Crippen LogP contribution in [0.15, 0.2) is 24.3 Å². The summed E-state index contributed by atoms with van der Waals surface area (Å²) in [4.78, 5) is 18.4. The maximum absolute atomic E-state index is 13.1. The molecule has 25 heavy (non-hydrogen) atoms. The van der Waals surface area contributed by atoms with Crippen LogP contribution >= 0.6 is 0 Å². The number of aromatic amines is 1. The lowest BCUT2D eigenvalue weighted by molar-refractivity contribution is -0.0875. The van der Waals surface area contributed by atoms with Crippen molar-refractivity contribution in [2.75, 3.05) is 13.1 Å². The number of aromatic nitrogens is 1. The lowest BCUT2D eigenvalue weighted by Gasteiger charge is -2.38. The predicted molar refractivity (Wildman–Crippen MR) is 99.8 cm³/mol. The van der Waals surface area contributed by atoms with Crippen molar-refractivity contribution in [3.8, 4) is 0 Å². The van der Waals surface area contributed by atoms with Crippen molar-refractivity contribution in [1.29, 1.82) is 0 Å². The summed E-state index contributed by atoms with van der Waals surface area (Å²) in [6.07, 6.45) is 6.30. The number of ether oxygens (including phenoxy) is 1. The smallest absolute Gasteiger partial charge is 0.270 e. The largest absolute Gasteiger partial charge is 0.371 e. The molecule has 4 rings (SSSR count). The Hall–Kier alpha value is -1.81. The van der Waals surface area contributed by atoms with Crippen LogP contribution in [0.4, 0.5) is 0 Å². The van der Waals surface area contributed by atoms with Gasteiger partial charge in [-0.05, 0) is 50.3 Å². The van der Waals surface area contributed by atoms with Gasteiger partial charge in [-0.1, -0.05) is 31.4 Å². The van der Waals surface area contributed by atoms with Crippen LogP contribution in [0.25, 0.3) is 10.9 Å². The van der Waals surface area contributed by atoms with Crippen molar-refractivity contribution in [2.24, 2.45) is 5.92 Å². The molecule has 1 N–H and O–H groups in total. The summed E-state index contributed by atoms with van der Waals surface area (Å²) in [5.41, 5.74) is 2.94. The molecule has 1 aromatic heterocycles. The van der Waals surface area contributed by atoms with Gasteiger partial charge < -0.3 is 14.6 Å². The molecular weight excluding hydrogens is 312 g/mol. The van der Waals surface area contributed by atoms with E-state index in [1.807, 2.05) is 11.0 Å². The first-order valence-corrected chi connectivity index (χ1v) is 9.68. The first-order chi connectivity index (χ1) is 12.1. The Bertz CT molecular complexity index is 762. The van der Waals surface area contributed by atoms with Crippen molar-refractivity contribution in [2.45, 2.75) is 58.2 Å². The minimum atomic E-state index is 0.115. The Morgan fingerprint density at radius 3 is 2.88 bits per heavy atom. The van der Waals surface area contributed by atoms with E-state index in [1.165, 1.54) is 24.8 Å². The monoisotopic (exact) mass is 340 g/mol. The van der Waals surface area contributed by atoms with Crippen LogP contribution in [0.3, 0.4) is 0 Å². The maximum atomic E-state index is 13.1. The van der Waals surface area contributed by atoms with E-state index >= 15 is 0 Å². The van der Waals surface area contributed by atoms with Crippen LogP contribution in [0.2, 0.25) is 0 Å².